The van der Waals surface area contributed by atoms with Gasteiger partial charge in [-0.15, -0.1) is 11.3 Å². The zero-order valence-electron chi connectivity index (χ0n) is 10.0. The highest BCUT2D eigenvalue weighted by Gasteiger charge is 2.09. The molecule has 0 aliphatic heterocycles. The van der Waals surface area contributed by atoms with Crippen LogP contribution in [0.2, 0.25) is 0 Å². The van der Waals surface area contributed by atoms with E-state index < -0.39 is 5.97 Å². The lowest BCUT2D eigenvalue weighted by Gasteiger charge is -2.07. The summed E-state index contributed by atoms with van der Waals surface area (Å²) in [6, 6.07) is 5.66. The Balaban J connectivity index is 2.08. The van der Waals surface area contributed by atoms with E-state index >= 15 is 0 Å². The molecule has 0 saturated heterocycles. The largest absolute Gasteiger partial charge is 0.478 e. The van der Waals surface area contributed by atoms with E-state index in [1.165, 1.54) is 28.2 Å². The van der Waals surface area contributed by atoms with E-state index in [0.717, 1.165) is 6.42 Å². The first-order chi connectivity index (χ1) is 8.70. The van der Waals surface area contributed by atoms with Crippen LogP contribution in [0.5, 0.6) is 0 Å². The number of carboxylic acid groups (broad SMARTS) is 1. The number of hydrogen-bond acceptors (Lipinski definition) is 4. The fourth-order valence-electron chi connectivity index (χ4n) is 1.61. The SMILES string of the molecule is CCc1ccc(CNc2cnccc2C(=O)O)s1. The third-order valence-corrected chi connectivity index (χ3v) is 3.80. The number of thiophene rings is 1. The van der Waals surface area contributed by atoms with Crippen molar-refractivity contribution >= 4 is 23.0 Å². The average molecular weight is 262 g/mol. The van der Waals surface area contributed by atoms with E-state index in [4.69, 9.17) is 5.11 Å². The summed E-state index contributed by atoms with van der Waals surface area (Å²) in [4.78, 5) is 17.5. The summed E-state index contributed by atoms with van der Waals surface area (Å²) in [5.74, 6) is -0.944. The molecule has 0 saturated carbocycles. The molecule has 18 heavy (non-hydrogen) atoms. The van der Waals surface area contributed by atoms with Gasteiger partial charge in [-0.25, -0.2) is 4.79 Å². The standard InChI is InChI=1S/C13H14N2O2S/c1-2-9-3-4-10(18-9)7-15-12-8-14-6-5-11(12)13(16)17/h3-6,8,15H,2,7H2,1H3,(H,16,17). The van der Waals surface area contributed by atoms with Gasteiger partial charge in [-0.05, 0) is 24.6 Å². The Labute approximate surface area is 109 Å². The lowest BCUT2D eigenvalue weighted by molar-refractivity contribution is 0.0698. The Bertz CT molecular complexity index is 551. The van der Waals surface area contributed by atoms with Gasteiger partial charge < -0.3 is 10.4 Å². The molecule has 2 rings (SSSR count). The zero-order valence-corrected chi connectivity index (χ0v) is 10.8. The third-order valence-electron chi connectivity index (χ3n) is 2.57. The number of pyridine rings is 1. The molecule has 0 bridgehead atoms. The first-order valence-electron chi connectivity index (χ1n) is 5.69. The van der Waals surface area contributed by atoms with Crippen molar-refractivity contribution in [3.05, 3.63) is 45.9 Å². The number of anilines is 1. The van der Waals surface area contributed by atoms with Crippen molar-refractivity contribution in [2.75, 3.05) is 5.32 Å². The van der Waals surface area contributed by atoms with Gasteiger partial charge in [-0.2, -0.15) is 0 Å². The molecule has 2 heterocycles. The molecule has 2 aromatic heterocycles. The van der Waals surface area contributed by atoms with Crippen molar-refractivity contribution in [3.8, 4) is 0 Å². The first-order valence-corrected chi connectivity index (χ1v) is 6.51. The van der Waals surface area contributed by atoms with Crippen LogP contribution in [0.25, 0.3) is 0 Å². The number of carbonyl (C=O) groups is 1. The van der Waals surface area contributed by atoms with E-state index in [0.29, 0.717) is 12.2 Å². The molecule has 2 aromatic rings. The molecular formula is C13H14N2O2S. The predicted molar refractivity (Wildman–Crippen MR) is 72.2 cm³/mol. The summed E-state index contributed by atoms with van der Waals surface area (Å²) < 4.78 is 0. The van der Waals surface area contributed by atoms with Crippen LogP contribution in [0.1, 0.15) is 27.0 Å². The van der Waals surface area contributed by atoms with Gasteiger partial charge in [0.05, 0.1) is 17.4 Å². The summed E-state index contributed by atoms with van der Waals surface area (Å²) in [6.07, 6.45) is 4.05. The van der Waals surface area contributed by atoms with Crippen molar-refractivity contribution in [1.82, 2.24) is 4.98 Å². The Morgan fingerprint density at radius 2 is 2.17 bits per heavy atom. The fraction of sp³-hybridized carbons (Fsp3) is 0.231. The van der Waals surface area contributed by atoms with Crippen LogP contribution in [0.3, 0.4) is 0 Å². The summed E-state index contributed by atoms with van der Waals surface area (Å²) in [5.41, 5.74) is 0.800. The van der Waals surface area contributed by atoms with E-state index in [2.05, 4.69) is 29.4 Å². The van der Waals surface area contributed by atoms with E-state index in [1.807, 2.05) is 0 Å². The number of nitrogens with zero attached hydrogens (tertiary/aromatic N) is 1. The van der Waals surface area contributed by atoms with Crippen molar-refractivity contribution in [1.29, 1.82) is 0 Å². The zero-order chi connectivity index (χ0) is 13.0. The van der Waals surface area contributed by atoms with Crippen LogP contribution in [0, 0.1) is 0 Å². The molecule has 0 atom stereocenters. The van der Waals surface area contributed by atoms with Crippen LogP contribution in [-0.4, -0.2) is 16.1 Å². The van der Waals surface area contributed by atoms with Gasteiger partial charge in [-0.3, -0.25) is 4.98 Å². The van der Waals surface area contributed by atoms with Gasteiger partial charge in [0.1, 0.15) is 0 Å². The molecule has 5 heteroatoms. The van der Waals surface area contributed by atoms with Crippen LogP contribution < -0.4 is 5.32 Å². The van der Waals surface area contributed by atoms with Gasteiger partial charge in [-0.1, -0.05) is 6.92 Å². The van der Waals surface area contributed by atoms with Crippen molar-refractivity contribution < 1.29 is 9.90 Å². The summed E-state index contributed by atoms with van der Waals surface area (Å²) in [5, 5.41) is 12.2. The van der Waals surface area contributed by atoms with Crippen molar-refractivity contribution in [3.63, 3.8) is 0 Å². The molecule has 0 aliphatic rings. The second kappa shape index (κ2) is 5.64. The quantitative estimate of drug-likeness (QED) is 0.869. The highest BCUT2D eigenvalue weighted by Crippen LogP contribution is 2.20. The first kappa shape index (κ1) is 12.6. The minimum absolute atomic E-state index is 0.247. The monoisotopic (exact) mass is 262 g/mol. The molecule has 94 valence electrons. The lowest BCUT2D eigenvalue weighted by atomic mass is 10.2. The highest BCUT2D eigenvalue weighted by molar-refractivity contribution is 7.12. The van der Waals surface area contributed by atoms with Crippen molar-refractivity contribution in [2.24, 2.45) is 0 Å². The number of rotatable bonds is 5. The summed E-state index contributed by atoms with van der Waals surface area (Å²) in [7, 11) is 0. The smallest absolute Gasteiger partial charge is 0.337 e. The lowest BCUT2D eigenvalue weighted by Crippen LogP contribution is -2.06. The van der Waals surface area contributed by atoms with E-state index in [9.17, 15) is 4.79 Å². The Morgan fingerprint density at radius 3 is 2.83 bits per heavy atom. The Morgan fingerprint density at radius 1 is 1.39 bits per heavy atom. The molecule has 0 aromatic carbocycles. The second-order valence-electron chi connectivity index (χ2n) is 3.80. The minimum Gasteiger partial charge on any atom is -0.478 e. The topological polar surface area (TPSA) is 62.2 Å². The molecule has 0 fully saturated rings. The van der Waals surface area contributed by atoms with Crippen LogP contribution >= 0.6 is 11.3 Å². The Kier molecular flexibility index (Phi) is 3.94. The predicted octanol–water partition coefficient (Wildman–Crippen LogP) is 3.02. The molecule has 2 N–H and O–H groups in total. The Hall–Kier alpha value is -1.88. The van der Waals surface area contributed by atoms with Crippen LogP contribution in [-0.2, 0) is 13.0 Å². The normalized spacial score (nSPS) is 10.3. The third kappa shape index (κ3) is 2.87. The van der Waals surface area contributed by atoms with Gasteiger partial charge in [0.25, 0.3) is 0 Å². The number of aromatic carboxylic acids is 1. The maximum Gasteiger partial charge on any atom is 0.337 e. The number of hydrogen-bond donors (Lipinski definition) is 2. The number of carboxylic acids is 1. The molecule has 0 unspecified atom stereocenters. The molecule has 0 aliphatic carbocycles. The number of aryl methyl sites for hydroxylation is 1. The minimum atomic E-state index is -0.944. The van der Waals surface area contributed by atoms with Gasteiger partial charge in [0, 0.05) is 22.5 Å². The fourth-order valence-corrected chi connectivity index (χ4v) is 2.51. The second-order valence-corrected chi connectivity index (χ2v) is 5.05. The van der Waals surface area contributed by atoms with Crippen LogP contribution in [0.4, 0.5) is 5.69 Å². The average Bonchev–Trinajstić information content (AvgIpc) is 2.84. The van der Waals surface area contributed by atoms with Gasteiger partial charge in [0.15, 0.2) is 0 Å². The van der Waals surface area contributed by atoms with E-state index in [-0.39, 0.29) is 5.56 Å². The summed E-state index contributed by atoms with van der Waals surface area (Å²) >= 11 is 1.74. The molecule has 0 spiro atoms. The maximum absolute atomic E-state index is 11.0. The maximum atomic E-state index is 11.0. The molecule has 4 nitrogen and oxygen atoms in total. The number of nitrogens with one attached hydrogen (secondary N) is 1. The molecule has 0 radical (unpaired) electrons. The van der Waals surface area contributed by atoms with Gasteiger partial charge >= 0.3 is 5.97 Å². The summed E-state index contributed by atoms with van der Waals surface area (Å²) in [6.45, 7) is 2.74. The molecular weight excluding hydrogens is 248 g/mol. The van der Waals surface area contributed by atoms with Crippen molar-refractivity contribution in [2.45, 2.75) is 19.9 Å². The molecule has 0 amide bonds. The van der Waals surface area contributed by atoms with E-state index in [1.54, 1.807) is 11.3 Å². The highest BCUT2D eigenvalue weighted by atomic mass is 32.1. The van der Waals surface area contributed by atoms with Crippen LogP contribution in [0.15, 0.2) is 30.6 Å². The number of aromatic nitrogens is 1. The van der Waals surface area contributed by atoms with Gasteiger partial charge in [0.2, 0.25) is 0 Å².